The quantitative estimate of drug-likeness (QED) is 0.723. The van der Waals surface area contributed by atoms with Gasteiger partial charge in [0.15, 0.2) is 4.34 Å². The molecule has 110 valence electrons. The monoisotopic (exact) mass is 323 g/mol. The maximum absolute atomic E-state index is 5.39. The Hall–Kier alpha value is -1.52. The average molecular weight is 323 g/mol. The van der Waals surface area contributed by atoms with Crippen molar-refractivity contribution >= 4 is 28.1 Å². The molecule has 0 unspecified atom stereocenters. The lowest BCUT2D eigenvalue weighted by Gasteiger charge is -2.22. The predicted molar refractivity (Wildman–Crippen MR) is 76.6 cm³/mol. The van der Waals surface area contributed by atoms with E-state index < -0.39 is 0 Å². The average Bonchev–Trinajstić information content (AvgIpc) is 3.15. The maximum Gasteiger partial charge on any atom is 0.216 e. The summed E-state index contributed by atoms with van der Waals surface area (Å²) in [6.45, 7) is 3.48. The van der Waals surface area contributed by atoms with Crippen LogP contribution >= 0.6 is 23.1 Å². The molecule has 4 heterocycles. The van der Waals surface area contributed by atoms with Crippen LogP contribution in [0.2, 0.25) is 0 Å². The molecule has 8 nitrogen and oxygen atoms in total. The van der Waals surface area contributed by atoms with E-state index in [2.05, 4.69) is 25.6 Å². The highest BCUT2D eigenvalue weighted by molar-refractivity contribution is 8.01. The van der Waals surface area contributed by atoms with E-state index in [1.54, 1.807) is 15.9 Å². The van der Waals surface area contributed by atoms with Gasteiger partial charge < -0.3 is 4.74 Å². The molecule has 0 amide bonds. The minimum Gasteiger partial charge on any atom is -0.381 e. The van der Waals surface area contributed by atoms with Crippen LogP contribution in [0.5, 0.6) is 0 Å². The van der Waals surface area contributed by atoms with Crippen molar-refractivity contribution in [1.82, 2.24) is 34.8 Å². The summed E-state index contributed by atoms with van der Waals surface area (Å²) in [5.74, 6) is 0. The molecule has 0 spiro atoms. The van der Waals surface area contributed by atoms with Gasteiger partial charge in [-0.3, -0.25) is 0 Å². The van der Waals surface area contributed by atoms with Crippen molar-refractivity contribution < 1.29 is 4.74 Å². The minimum absolute atomic E-state index is 0.308. The molecule has 0 aromatic carbocycles. The van der Waals surface area contributed by atoms with Gasteiger partial charge in [-0.05, 0) is 42.0 Å². The molecule has 10 heteroatoms. The highest BCUT2D eigenvalue weighted by Crippen LogP contribution is 2.32. The lowest BCUT2D eigenvalue weighted by Crippen LogP contribution is -2.21. The van der Waals surface area contributed by atoms with Crippen LogP contribution in [0.1, 0.15) is 24.6 Å². The molecule has 0 N–H and O–H groups in total. The number of nitrogens with zero attached hydrogens (tertiary/aromatic N) is 7. The fourth-order valence-electron chi connectivity index (χ4n) is 2.32. The Balaban J connectivity index is 1.58. The van der Waals surface area contributed by atoms with Crippen LogP contribution in [0.4, 0.5) is 0 Å². The molecule has 0 saturated carbocycles. The second-order valence-corrected chi connectivity index (χ2v) is 7.00. The second kappa shape index (κ2) is 5.35. The first-order chi connectivity index (χ1) is 10.3. The van der Waals surface area contributed by atoms with Gasteiger partial charge in [0.1, 0.15) is 0 Å². The smallest absolute Gasteiger partial charge is 0.216 e. The van der Waals surface area contributed by atoms with Crippen molar-refractivity contribution in [1.29, 1.82) is 0 Å². The lowest BCUT2D eigenvalue weighted by molar-refractivity contribution is 0.0631. The van der Waals surface area contributed by atoms with Crippen molar-refractivity contribution in [2.24, 2.45) is 0 Å². The van der Waals surface area contributed by atoms with Crippen molar-refractivity contribution in [3.63, 3.8) is 0 Å². The molecule has 1 aliphatic heterocycles. The Morgan fingerprint density at radius 1 is 1.38 bits per heavy atom. The van der Waals surface area contributed by atoms with Gasteiger partial charge in [0.2, 0.25) is 10.1 Å². The molecule has 0 radical (unpaired) electrons. The van der Waals surface area contributed by atoms with Crippen molar-refractivity contribution in [2.45, 2.75) is 35.3 Å². The highest BCUT2D eigenvalue weighted by Gasteiger charge is 2.22. The summed E-state index contributed by atoms with van der Waals surface area (Å²) in [6.07, 6.45) is 3.80. The second-order valence-electron chi connectivity index (χ2n) is 4.83. The molecule has 3 aromatic rings. The van der Waals surface area contributed by atoms with Gasteiger partial charge in [-0.25, -0.2) is 14.2 Å². The summed E-state index contributed by atoms with van der Waals surface area (Å²) in [5.41, 5.74) is 0.970. The standard InChI is InChI=1S/C11H13N7OS2/c1-7-6-17-9(12-7)20-11(14-17)21-10-13-15-16-18(10)8-2-4-19-5-3-8/h6,8H,2-5H2,1H3. The first kappa shape index (κ1) is 13.2. The van der Waals surface area contributed by atoms with Crippen LogP contribution < -0.4 is 0 Å². The van der Waals surface area contributed by atoms with Crippen LogP contribution in [-0.4, -0.2) is 48.0 Å². The third-order valence-corrected chi connectivity index (χ3v) is 5.25. The Kier molecular flexibility index (Phi) is 3.36. The largest absolute Gasteiger partial charge is 0.381 e. The Morgan fingerprint density at radius 3 is 3.05 bits per heavy atom. The summed E-state index contributed by atoms with van der Waals surface area (Å²) < 4.78 is 9.96. The van der Waals surface area contributed by atoms with Crippen LogP contribution in [0.3, 0.4) is 0 Å². The van der Waals surface area contributed by atoms with Gasteiger partial charge in [-0.15, -0.1) is 10.2 Å². The molecular formula is C11H13N7OS2. The summed E-state index contributed by atoms with van der Waals surface area (Å²) in [4.78, 5) is 5.29. The molecule has 4 rings (SSSR count). The number of hydrogen-bond donors (Lipinski definition) is 0. The molecule has 0 aliphatic carbocycles. The Morgan fingerprint density at radius 2 is 2.24 bits per heavy atom. The predicted octanol–water partition coefficient (Wildman–Crippen LogP) is 1.59. The van der Waals surface area contributed by atoms with Crippen molar-refractivity contribution in [3.05, 3.63) is 11.9 Å². The number of ether oxygens (including phenoxy) is 1. The summed E-state index contributed by atoms with van der Waals surface area (Å²) in [6, 6.07) is 0.308. The molecule has 0 atom stereocenters. The first-order valence-corrected chi connectivity index (χ1v) is 8.29. The number of rotatable bonds is 3. The summed E-state index contributed by atoms with van der Waals surface area (Å²) >= 11 is 3.03. The van der Waals surface area contributed by atoms with Gasteiger partial charge in [0.05, 0.1) is 17.9 Å². The zero-order chi connectivity index (χ0) is 14.2. The van der Waals surface area contributed by atoms with E-state index in [0.717, 1.165) is 46.2 Å². The van der Waals surface area contributed by atoms with E-state index in [0.29, 0.717) is 6.04 Å². The lowest BCUT2D eigenvalue weighted by atomic mass is 10.1. The third kappa shape index (κ3) is 2.54. The highest BCUT2D eigenvalue weighted by atomic mass is 32.2. The molecule has 1 saturated heterocycles. The fraction of sp³-hybridized carbons (Fsp3) is 0.545. The number of tetrazole rings is 1. The Labute approximate surface area is 128 Å². The Bertz CT molecular complexity index is 726. The molecule has 0 bridgehead atoms. The zero-order valence-electron chi connectivity index (χ0n) is 11.3. The number of aryl methyl sites for hydroxylation is 1. The van der Waals surface area contributed by atoms with E-state index in [1.165, 1.54) is 11.8 Å². The van der Waals surface area contributed by atoms with Crippen molar-refractivity contribution in [3.8, 4) is 0 Å². The van der Waals surface area contributed by atoms with Gasteiger partial charge in [-0.1, -0.05) is 11.3 Å². The van der Waals surface area contributed by atoms with Crippen LogP contribution in [0, 0.1) is 6.92 Å². The van der Waals surface area contributed by atoms with Gasteiger partial charge in [-0.2, -0.15) is 0 Å². The molecule has 21 heavy (non-hydrogen) atoms. The molecule has 1 fully saturated rings. The topological polar surface area (TPSA) is 83.0 Å². The van der Waals surface area contributed by atoms with Crippen LogP contribution in [0.25, 0.3) is 4.96 Å². The SMILES string of the molecule is Cc1cn2nc(Sc3nnnn3C3CCOCC3)sc2n1. The first-order valence-electron chi connectivity index (χ1n) is 6.66. The fourth-order valence-corrected chi connectivity index (χ4v) is 4.24. The number of imidazole rings is 1. The normalized spacial score (nSPS) is 16.8. The maximum atomic E-state index is 5.39. The van der Waals surface area contributed by atoms with E-state index in [4.69, 9.17) is 4.74 Å². The van der Waals surface area contributed by atoms with E-state index in [9.17, 15) is 0 Å². The van der Waals surface area contributed by atoms with E-state index >= 15 is 0 Å². The third-order valence-electron chi connectivity index (χ3n) is 3.32. The van der Waals surface area contributed by atoms with E-state index in [-0.39, 0.29) is 0 Å². The van der Waals surface area contributed by atoms with Gasteiger partial charge in [0.25, 0.3) is 0 Å². The van der Waals surface area contributed by atoms with Gasteiger partial charge in [0, 0.05) is 13.2 Å². The molecule has 1 aliphatic rings. The minimum atomic E-state index is 0.308. The summed E-state index contributed by atoms with van der Waals surface area (Å²) in [5, 5.41) is 17.3. The number of fused-ring (bicyclic) bond motifs is 1. The summed E-state index contributed by atoms with van der Waals surface area (Å²) in [7, 11) is 0. The molecule has 3 aromatic heterocycles. The molecular weight excluding hydrogens is 310 g/mol. The van der Waals surface area contributed by atoms with Gasteiger partial charge >= 0.3 is 0 Å². The van der Waals surface area contributed by atoms with Crippen LogP contribution in [0.15, 0.2) is 15.7 Å². The zero-order valence-corrected chi connectivity index (χ0v) is 13.0. The number of hydrogen-bond acceptors (Lipinski definition) is 8. The van der Waals surface area contributed by atoms with Crippen molar-refractivity contribution in [2.75, 3.05) is 13.2 Å². The van der Waals surface area contributed by atoms with E-state index in [1.807, 2.05) is 17.8 Å². The number of aromatic nitrogens is 7. The van der Waals surface area contributed by atoms with Crippen LogP contribution in [-0.2, 0) is 4.74 Å².